The van der Waals surface area contributed by atoms with Gasteiger partial charge in [-0.2, -0.15) is 0 Å². The van der Waals surface area contributed by atoms with Crippen molar-refractivity contribution in [2.45, 2.75) is 12.5 Å². The van der Waals surface area contributed by atoms with Crippen LogP contribution in [-0.2, 0) is 0 Å². The Labute approximate surface area is 61.1 Å². The van der Waals surface area contributed by atoms with Crippen LogP contribution in [0.2, 0.25) is 0 Å². The van der Waals surface area contributed by atoms with E-state index in [1.807, 2.05) is 6.07 Å². The molecule has 0 aliphatic carbocycles. The molecule has 1 saturated heterocycles. The molecule has 1 radical (unpaired) electrons. The average molecular weight is 132 g/mol. The monoisotopic (exact) mass is 132 g/mol. The molecule has 1 aromatic rings. The predicted molar refractivity (Wildman–Crippen MR) is 40.8 cm³/mol. The first-order chi connectivity index (χ1) is 4.97. The zero-order valence-electron chi connectivity index (χ0n) is 5.83. The molecule has 1 nitrogen and oxygen atoms in total. The van der Waals surface area contributed by atoms with Gasteiger partial charge in [-0.15, -0.1) is 0 Å². The summed E-state index contributed by atoms with van der Waals surface area (Å²) in [5.41, 5.74) is 1.37. The molecule has 1 unspecified atom stereocenters. The Hall–Kier alpha value is -0.820. The summed E-state index contributed by atoms with van der Waals surface area (Å²) in [7, 11) is 0. The largest absolute Gasteiger partial charge is 0.234 e. The molecule has 1 atom stereocenters. The van der Waals surface area contributed by atoms with Crippen LogP contribution in [0.25, 0.3) is 0 Å². The maximum absolute atomic E-state index is 4.34. The van der Waals surface area contributed by atoms with Gasteiger partial charge in [-0.05, 0) is 12.0 Å². The highest BCUT2D eigenvalue weighted by molar-refractivity contribution is 5.20. The van der Waals surface area contributed by atoms with Gasteiger partial charge in [0.15, 0.2) is 0 Å². The SMILES string of the molecule is c1ccc(C2CC[N]2)cc1. The Morgan fingerprint density at radius 3 is 2.40 bits per heavy atom. The first kappa shape index (κ1) is 5.93. The topological polar surface area (TPSA) is 14.1 Å². The number of hydrogen-bond donors (Lipinski definition) is 0. The summed E-state index contributed by atoms with van der Waals surface area (Å²) < 4.78 is 0. The van der Waals surface area contributed by atoms with Crippen molar-refractivity contribution in [2.24, 2.45) is 0 Å². The van der Waals surface area contributed by atoms with Crippen LogP contribution in [0.4, 0.5) is 0 Å². The van der Waals surface area contributed by atoms with E-state index >= 15 is 0 Å². The van der Waals surface area contributed by atoms with Gasteiger partial charge in [0, 0.05) is 6.54 Å². The molecular formula is C9H10N. The Kier molecular flexibility index (Phi) is 1.44. The van der Waals surface area contributed by atoms with Crippen molar-refractivity contribution in [3.63, 3.8) is 0 Å². The summed E-state index contributed by atoms with van der Waals surface area (Å²) in [6.45, 7) is 1.06. The van der Waals surface area contributed by atoms with Crippen molar-refractivity contribution in [1.82, 2.24) is 5.32 Å². The lowest BCUT2D eigenvalue weighted by molar-refractivity contribution is 0.372. The van der Waals surface area contributed by atoms with Crippen LogP contribution in [0.5, 0.6) is 0 Å². The lowest BCUT2D eigenvalue weighted by atomic mass is 9.98. The number of benzene rings is 1. The quantitative estimate of drug-likeness (QED) is 0.552. The molecule has 1 aliphatic rings. The van der Waals surface area contributed by atoms with Crippen molar-refractivity contribution in [1.29, 1.82) is 0 Å². The third kappa shape index (κ3) is 0.929. The van der Waals surface area contributed by atoms with E-state index in [1.54, 1.807) is 0 Å². The molecule has 0 N–H and O–H groups in total. The van der Waals surface area contributed by atoms with Crippen molar-refractivity contribution in [3.05, 3.63) is 35.9 Å². The van der Waals surface area contributed by atoms with Crippen molar-refractivity contribution in [3.8, 4) is 0 Å². The van der Waals surface area contributed by atoms with Crippen molar-refractivity contribution in [2.75, 3.05) is 6.54 Å². The minimum absolute atomic E-state index is 0.515. The highest BCUT2D eigenvalue weighted by Gasteiger charge is 2.18. The third-order valence-electron chi connectivity index (χ3n) is 1.94. The summed E-state index contributed by atoms with van der Waals surface area (Å²) in [4.78, 5) is 0. The number of nitrogens with zero attached hydrogens (tertiary/aromatic N) is 1. The maximum Gasteiger partial charge on any atom is 0.0508 e. The van der Waals surface area contributed by atoms with Gasteiger partial charge < -0.3 is 0 Å². The van der Waals surface area contributed by atoms with Crippen molar-refractivity contribution < 1.29 is 0 Å². The fraction of sp³-hybridized carbons (Fsp3) is 0.333. The second-order valence-electron chi connectivity index (χ2n) is 2.62. The van der Waals surface area contributed by atoms with E-state index in [4.69, 9.17) is 0 Å². The number of hydrogen-bond acceptors (Lipinski definition) is 0. The number of rotatable bonds is 1. The fourth-order valence-electron chi connectivity index (χ4n) is 1.21. The summed E-state index contributed by atoms with van der Waals surface area (Å²) in [6, 6.07) is 11.0. The predicted octanol–water partition coefficient (Wildman–Crippen LogP) is 1.74. The van der Waals surface area contributed by atoms with Crippen LogP contribution in [0.1, 0.15) is 18.0 Å². The molecule has 51 valence electrons. The molecule has 0 saturated carbocycles. The van der Waals surface area contributed by atoms with Crippen LogP contribution in [0.15, 0.2) is 30.3 Å². The molecule has 1 fully saturated rings. The van der Waals surface area contributed by atoms with Gasteiger partial charge in [-0.3, -0.25) is 0 Å². The zero-order valence-corrected chi connectivity index (χ0v) is 5.83. The van der Waals surface area contributed by atoms with E-state index in [0.29, 0.717) is 6.04 Å². The van der Waals surface area contributed by atoms with E-state index in [0.717, 1.165) is 6.54 Å². The molecule has 0 amide bonds. The van der Waals surface area contributed by atoms with E-state index in [-0.39, 0.29) is 0 Å². The van der Waals surface area contributed by atoms with E-state index in [1.165, 1.54) is 12.0 Å². The smallest absolute Gasteiger partial charge is 0.0508 e. The second kappa shape index (κ2) is 2.43. The van der Waals surface area contributed by atoms with Crippen molar-refractivity contribution >= 4 is 0 Å². The van der Waals surface area contributed by atoms with Crippen LogP contribution < -0.4 is 5.32 Å². The highest BCUT2D eigenvalue weighted by Crippen LogP contribution is 2.23. The Morgan fingerprint density at radius 2 is 1.90 bits per heavy atom. The lowest BCUT2D eigenvalue weighted by Gasteiger charge is -2.25. The molecule has 10 heavy (non-hydrogen) atoms. The molecule has 2 rings (SSSR count). The van der Waals surface area contributed by atoms with Gasteiger partial charge in [0.25, 0.3) is 0 Å². The fourth-order valence-corrected chi connectivity index (χ4v) is 1.21. The Morgan fingerprint density at radius 1 is 1.20 bits per heavy atom. The summed E-state index contributed by atoms with van der Waals surface area (Å²) in [5, 5.41) is 4.34. The molecule has 1 heterocycles. The normalized spacial score (nSPS) is 23.8. The van der Waals surface area contributed by atoms with Gasteiger partial charge in [0.1, 0.15) is 0 Å². The lowest BCUT2D eigenvalue weighted by Crippen LogP contribution is -2.27. The highest BCUT2D eigenvalue weighted by atomic mass is 15.0. The summed E-state index contributed by atoms with van der Waals surface area (Å²) in [6.07, 6.45) is 1.24. The van der Waals surface area contributed by atoms with Crippen LogP contribution >= 0.6 is 0 Å². The molecule has 0 aromatic heterocycles. The van der Waals surface area contributed by atoms with E-state index in [9.17, 15) is 0 Å². The molecule has 1 aliphatic heterocycles. The zero-order chi connectivity index (χ0) is 6.81. The third-order valence-corrected chi connectivity index (χ3v) is 1.94. The van der Waals surface area contributed by atoms with Gasteiger partial charge in [0.05, 0.1) is 6.04 Å². The van der Waals surface area contributed by atoms with E-state index < -0.39 is 0 Å². The second-order valence-corrected chi connectivity index (χ2v) is 2.62. The first-order valence-electron chi connectivity index (χ1n) is 3.68. The molecule has 0 spiro atoms. The maximum atomic E-state index is 4.34. The molecule has 1 heteroatoms. The Bertz CT molecular complexity index is 201. The first-order valence-corrected chi connectivity index (χ1v) is 3.68. The summed E-state index contributed by atoms with van der Waals surface area (Å²) >= 11 is 0. The minimum Gasteiger partial charge on any atom is -0.234 e. The Balaban J connectivity index is 2.18. The average Bonchev–Trinajstić information content (AvgIpc) is 1.86. The molecule has 0 bridgehead atoms. The van der Waals surface area contributed by atoms with Gasteiger partial charge in [-0.25, -0.2) is 5.32 Å². The molecule has 1 aromatic carbocycles. The summed E-state index contributed by atoms with van der Waals surface area (Å²) in [5.74, 6) is 0. The molecular weight excluding hydrogens is 122 g/mol. The minimum atomic E-state index is 0.515. The standard InChI is InChI=1S/C9H10N/c1-2-4-8(5-3-1)9-6-7-10-9/h1-5,9H,6-7H2. The van der Waals surface area contributed by atoms with Crippen LogP contribution in [-0.4, -0.2) is 6.54 Å². The van der Waals surface area contributed by atoms with Gasteiger partial charge in [-0.1, -0.05) is 30.3 Å². The van der Waals surface area contributed by atoms with E-state index in [2.05, 4.69) is 29.6 Å². The van der Waals surface area contributed by atoms with Gasteiger partial charge >= 0.3 is 0 Å². The van der Waals surface area contributed by atoms with Crippen LogP contribution in [0, 0.1) is 0 Å². The van der Waals surface area contributed by atoms with Crippen LogP contribution in [0.3, 0.4) is 0 Å². The van der Waals surface area contributed by atoms with Gasteiger partial charge in [0.2, 0.25) is 0 Å².